The summed E-state index contributed by atoms with van der Waals surface area (Å²) in [7, 11) is 0. The van der Waals surface area contributed by atoms with Crippen molar-refractivity contribution in [3.05, 3.63) is 24.1 Å². The number of likely N-dealkylation sites (tertiary alicyclic amines) is 2. The Balaban J connectivity index is 0.000000231. The Bertz CT molecular complexity index is 374. The first-order valence-electron chi connectivity index (χ1n) is 9.37. The van der Waals surface area contributed by atoms with Gasteiger partial charge in [-0.15, -0.1) is 0 Å². The van der Waals surface area contributed by atoms with E-state index in [-0.39, 0.29) is 0 Å². The average Bonchev–Trinajstić information content (AvgIpc) is 2.87. The van der Waals surface area contributed by atoms with Crippen LogP contribution in [-0.2, 0) is 0 Å². The number of hydrogen-bond donors (Lipinski definition) is 0. The number of nitrogens with zero attached hydrogens (tertiary/aromatic N) is 2. The van der Waals surface area contributed by atoms with Crippen LogP contribution in [0, 0.1) is 0 Å². The van der Waals surface area contributed by atoms with E-state index >= 15 is 0 Å². The lowest BCUT2D eigenvalue weighted by atomic mass is 10.1. The van der Waals surface area contributed by atoms with Gasteiger partial charge in [0.15, 0.2) is 0 Å². The molecule has 23 heavy (non-hydrogen) atoms. The molecule has 2 saturated heterocycles. The maximum atomic E-state index is 12.3. The van der Waals surface area contributed by atoms with E-state index in [0.29, 0.717) is 12.1 Å². The molecule has 0 aromatic carbocycles. The van der Waals surface area contributed by atoms with Gasteiger partial charge in [0.05, 0.1) is 6.33 Å². The van der Waals surface area contributed by atoms with Gasteiger partial charge in [-0.3, -0.25) is 9.80 Å². The monoisotopic (exact) mass is 324 g/mol. The summed E-state index contributed by atoms with van der Waals surface area (Å²) >= 11 is 0. The fourth-order valence-corrected chi connectivity index (χ4v) is 3.19. The highest BCUT2D eigenvalue weighted by Crippen LogP contribution is 2.17. The Morgan fingerprint density at radius 2 is 1.39 bits per heavy atom. The second-order valence-corrected chi connectivity index (χ2v) is 7.56. The molecule has 2 aliphatic heterocycles. The second kappa shape index (κ2) is 11.0. The first kappa shape index (κ1) is 20.4. The smallest absolute Gasteiger partial charge is 0.0871 e. The Morgan fingerprint density at radius 3 is 1.91 bits per heavy atom. The number of halogens is 1. The van der Waals surface area contributed by atoms with Crippen LogP contribution in [0.1, 0.15) is 66.2 Å². The summed E-state index contributed by atoms with van der Waals surface area (Å²) in [6, 6.07) is 1.22. The third-order valence-corrected chi connectivity index (χ3v) is 4.87. The molecule has 0 saturated carbocycles. The summed E-state index contributed by atoms with van der Waals surface area (Å²) in [5.74, 6) is 0. The largest absolute Gasteiger partial charge is 0.297 e. The summed E-state index contributed by atoms with van der Waals surface area (Å²) in [4.78, 5) is 4.84. The molecule has 0 amide bonds. The van der Waals surface area contributed by atoms with E-state index in [1.807, 2.05) is 0 Å². The van der Waals surface area contributed by atoms with E-state index in [1.54, 1.807) is 0 Å². The normalized spacial score (nSPS) is 23.6. The second-order valence-electron chi connectivity index (χ2n) is 7.56. The molecule has 0 N–H and O–H groups in total. The van der Waals surface area contributed by atoms with Gasteiger partial charge in [0.25, 0.3) is 0 Å². The molecule has 2 nitrogen and oxygen atoms in total. The maximum absolute atomic E-state index is 12.3. The molecule has 0 bridgehead atoms. The molecule has 3 heteroatoms. The van der Waals surface area contributed by atoms with Gasteiger partial charge in [0, 0.05) is 25.2 Å². The molecular weight excluding hydrogens is 287 g/mol. The number of rotatable bonds is 2. The minimum atomic E-state index is 0.540. The van der Waals surface area contributed by atoms with Crippen LogP contribution >= 0.6 is 0 Å². The minimum Gasteiger partial charge on any atom is -0.297 e. The summed E-state index contributed by atoms with van der Waals surface area (Å²) in [5.41, 5.74) is 2.37. The first-order chi connectivity index (χ1) is 10.9. The third kappa shape index (κ3) is 8.12. The third-order valence-electron chi connectivity index (χ3n) is 4.87. The van der Waals surface area contributed by atoms with E-state index in [4.69, 9.17) is 0 Å². The Kier molecular flexibility index (Phi) is 9.73. The van der Waals surface area contributed by atoms with Gasteiger partial charge in [-0.05, 0) is 84.9 Å². The summed E-state index contributed by atoms with van der Waals surface area (Å²) in [6.45, 7) is 17.3. The lowest BCUT2D eigenvalue weighted by Gasteiger charge is -2.24. The van der Waals surface area contributed by atoms with Crippen LogP contribution in [0.3, 0.4) is 0 Å². The average molecular weight is 325 g/mol. The van der Waals surface area contributed by atoms with Crippen molar-refractivity contribution in [2.24, 2.45) is 0 Å². The van der Waals surface area contributed by atoms with E-state index in [2.05, 4.69) is 44.1 Å². The van der Waals surface area contributed by atoms with E-state index in [0.717, 1.165) is 44.4 Å². The highest BCUT2D eigenvalue weighted by atomic mass is 19.1. The lowest BCUT2D eigenvalue weighted by molar-refractivity contribution is 0.245. The zero-order valence-electron chi connectivity index (χ0n) is 15.8. The molecule has 0 aromatic heterocycles. The SMILES string of the molecule is C=C1CCCCN(C(C)C)C1.CC(C)N1CCCC/C(=C/F)C1. The molecule has 0 aliphatic carbocycles. The van der Waals surface area contributed by atoms with Crippen molar-refractivity contribution >= 4 is 0 Å². The standard InChI is InChI=1S/C10H18FN.C10H19N/c1-9(2)12-6-4-3-5-10(7-11)8-12;1-9(2)11-7-5-4-6-10(3)8-11/h7,9H,3-6,8H2,1-2H3;9H,3-8H2,1-2H3/b10-7-;. The maximum Gasteiger partial charge on any atom is 0.0871 e. The molecule has 134 valence electrons. The highest BCUT2D eigenvalue weighted by molar-refractivity contribution is 5.02. The van der Waals surface area contributed by atoms with Crippen molar-refractivity contribution in [3.63, 3.8) is 0 Å². The fraction of sp³-hybridized carbons (Fsp3) is 0.800. The summed E-state index contributed by atoms with van der Waals surface area (Å²) < 4.78 is 12.3. The van der Waals surface area contributed by atoms with E-state index in [1.165, 1.54) is 37.8 Å². The summed E-state index contributed by atoms with van der Waals surface area (Å²) in [5, 5.41) is 0. The van der Waals surface area contributed by atoms with Crippen LogP contribution in [0.2, 0.25) is 0 Å². The molecule has 2 fully saturated rings. The van der Waals surface area contributed by atoms with Gasteiger partial charge >= 0.3 is 0 Å². The first-order valence-corrected chi connectivity index (χ1v) is 9.37. The van der Waals surface area contributed by atoms with Gasteiger partial charge in [0.2, 0.25) is 0 Å². The molecule has 2 heterocycles. The van der Waals surface area contributed by atoms with E-state index < -0.39 is 0 Å². The van der Waals surface area contributed by atoms with Gasteiger partial charge in [-0.2, -0.15) is 0 Å². The predicted molar refractivity (Wildman–Crippen MR) is 99.5 cm³/mol. The lowest BCUT2D eigenvalue weighted by Crippen LogP contribution is -2.32. The summed E-state index contributed by atoms with van der Waals surface area (Å²) in [6.07, 6.45) is 8.00. The van der Waals surface area contributed by atoms with Crippen molar-refractivity contribution in [1.82, 2.24) is 9.80 Å². The van der Waals surface area contributed by atoms with Crippen molar-refractivity contribution in [2.45, 2.75) is 78.3 Å². The molecule has 0 spiro atoms. The predicted octanol–water partition coefficient (Wildman–Crippen LogP) is 5.17. The zero-order chi connectivity index (χ0) is 17.2. The van der Waals surface area contributed by atoms with Gasteiger partial charge < -0.3 is 0 Å². The van der Waals surface area contributed by atoms with Crippen molar-refractivity contribution in [3.8, 4) is 0 Å². The number of hydrogen-bond acceptors (Lipinski definition) is 2. The van der Waals surface area contributed by atoms with Crippen molar-refractivity contribution in [1.29, 1.82) is 0 Å². The topological polar surface area (TPSA) is 6.48 Å². The van der Waals surface area contributed by atoms with Crippen LogP contribution in [-0.4, -0.2) is 48.1 Å². The molecule has 0 atom stereocenters. The van der Waals surface area contributed by atoms with E-state index in [9.17, 15) is 4.39 Å². The van der Waals surface area contributed by atoms with Gasteiger partial charge in [-0.25, -0.2) is 4.39 Å². The van der Waals surface area contributed by atoms with Crippen molar-refractivity contribution in [2.75, 3.05) is 26.2 Å². The van der Waals surface area contributed by atoms with Crippen molar-refractivity contribution < 1.29 is 4.39 Å². The Hall–Kier alpha value is -0.670. The molecular formula is C20H37FN2. The van der Waals surface area contributed by atoms with Gasteiger partial charge in [0.1, 0.15) is 0 Å². The Labute approximate surface area is 143 Å². The van der Waals surface area contributed by atoms with Crippen LogP contribution < -0.4 is 0 Å². The zero-order valence-corrected chi connectivity index (χ0v) is 15.8. The minimum absolute atomic E-state index is 0.540. The van der Waals surface area contributed by atoms with Crippen LogP contribution in [0.4, 0.5) is 4.39 Å². The van der Waals surface area contributed by atoms with Crippen LogP contribution in [0.25, 0.3) is 0 Å². The molecule has 0 aromatic rings. The fourth-order valence-electron chi connectivity index (χ4n) is 3.19. The van der Waals surface area contributed by atoms with Crippen LogP contribution in [0.5, 0.6) is 0 Å². The molecule has 2 aliphatic rings. The van der Waals surface area contributed by atoms with Gasteiger partial charge in [-0.1, -0.05) is 12.2 Å². The molecule has 2 rings (SSSR count). The quantitative estimate of drug-likeness (QED) is 0.646. The van der Waals surface area contributed by atoms with Crippen LogP contribution in [0.15, 0.2) is 24.1 Å². The molecule has 0 radical (unpaired) electrons. The molecule has 0 unspecified atom stereocenters. The highest BCUT2D eigenvalue weighted by Gasteiger charge is 2.15. The Morgan fingerprint density at radius 1 is 0.870 bits per heavy atom.